The number of aliphatic imine (C=N–C) groups is 1. The summed E-state index contributed by atoms with van der Waals surface area (Å²) in [5.41, 5.74) is 0.366. The number of fused-ring (bicyclic) bond motifs is 4. The van der Waals surface area contributed by atoms with Gasteiger partial charge in [-0.15, -0.1) is 22.7 Å². The van der Waals surface area contributed by atoms with Crippen molar-refractivity contribution in [1.82, 2.24) is 10.2 Å². The lowest BCUT2D eigenvalue weighted by Gasteiger charge is -2.53. The van der Waals surface area contributed by atoms with Crippen LogP contribution in [0.15, 0.2) is 27.9 Å². The molecule has 0 spiro atoms. The summed E-state index contributed by atoms with van der Waals surface area (Å²) in [6.07, 6.45) is 3.92. The van der Waals surface area contributed by atoms with Crippen LogP contribution in [0, 0.1) is 11.3 Å². The van der Waals surface area contributed by atoms with Gasteiger partial charge in [0.15, 0.2) is 0 Å². The number of piperidine rings is 2. The number of hydrogen-bond donors (Lipinski definition) is 3. The Kier molecular flexibility index (Phi) is 4.02. The third kappa shape index (κ3) is 2.68. The molecule has 2 aromatic rings. The summed E-state index contributed by atoms with van der Waals surface area (Å²) in [5.74, 6) is -0.203. The van der Waals surface area contributed by atoms with Gasteiger partial charge >= 0.3 is 0 Å². The number of amides is 1. The van der Waals surface area contributed by atoms with Crippen molar-refractivity contribution in [2.24, 2.45) is 4.99 Å². The normalized spacial score (nSPS) is 29.0. The summed E-state index contributed by atoms with van der Waals surface area (Å²) in [4.78, 5) is 20.9. The van der Waals surface area contributed by atoms with E-state index in [4.69, 9.17) is 0 Å². The van der Waals surface area contributed by atoms with Crippen LogP contribution in [0.2, 0.25) is 0 Å². The number of nitrogens with zero attached hydrogens (tertiary/aromatic N) is 3. The molecule has 3 atom stereocenters. The molecular weight excluding hydrogens is 380 g/mol. The topological polar surface area (TPSA) is 92.5 Å². The molecule has 1 amide bonds. The highest BCUT2D eigenvalue weighted by molar-refractivity contribution is 7.14. The number of anilines is 2. The SMILES string of the molecule is N#Cc1sccc1NC(=O)C1(N2C[C@@H]3CC[C@H]2CN3)C=Nc2sccc2N1. The van der Waals surface area contributed by atoms with Crippen molar-refractivity contribution in [1.29, 1.82) is 5.26 Å². The quantitative estimate of drug-likeness (QED) is 0.739. The van der Waals surface area contributed by atoms with Crippen molar-refractivity contribution in [3.63, 3.8) is 0 Å². The standard InChI is InChI=1S/C18H18N6OS2/c19-7-15-13(3-5-26-15)22-17(25)18(10-21-16-14(23-18)4-6-27-16)24-9-11-1-2-12(24)8-20-11/h3-6,10-12,20,23H,1-2,8-9H2,(H,22,25)/t11-,12-,18?/m0/s1. The largest absolute Gasteiger partial charge is 0.352 e. The summed E-state index contributed by atoms with van der Waals surface area (Å²) in [6, 6.07) is 6.52. The first kappa shape index (κ1) is 16.9. The van der Waals surface area contributed by atoms with E-state index in [0.717, 1.165) is 36.6 Å². The average molecular weight is 399 g/mol. The fraction of sp³-hybridized carbons (Fsp3) is 0.389. The zero-order valence-corrected chi connectivity index (χ0v) is 16.1. The van der Waals surface area contributed by atoms with E-state index in [-0.39, 0.29) is 11.9 Å². The molecule has 0 aliphatic carbocycles. The van der Waals surface area contributed by atoms with Crippen molar-refractivity contribution in [2.45, 2.75) is 30.6 Å². The maximum absolute atomic E-state index is 13.5. The number of nitriles is 1. The smallest absolute Gasteiger partial charge is 0.271 e. The molecule has 0 saturated carbocycles. The highest BCUT2D eigenvalue weighted by Crippen LogP contribution is 2.40. The molecule has 7 nitrogen and oxygen atoms in total. The third-order valence-corrected chi connectivity index (χ3v) is 7.14. The van der Waals surface area contributed by atoms with Gasteiger partial charge < -0.3 is 16.0 Å². The highest BCUT2D eigenvalue weighted by Gasteiger charge is 2.51. The van der Waals surface area contributed by atoms with Gasteiger partial charge in [0, 0.05) is 25.2 Å². The van der Waals surface area contributed by atoms with Crippen LogP contribution in [-0.4, -0.2) is 47.9 Å². The van der Waals surface area contributed by atoms with Crippen LogP contribution in [0.3, 0.4) is 0 Å². The van der Waals surface area contributed by atoms with Crippen molar-refractivity contribution >= 4 is 51.2 Å². The van der Waals surface area contributed by atoms with E-state index < -0.39 is 5.66 Å². The number of nitrogens with one attached hydrogen (secondary N) is 3. The van der Waals surface area contributed by atoms with Gasteiger partial charge in [-0.05, 0) is 35.7 Å². The summed E-state index contributed by atoms with van der Waals surface area (Å²) in [5, 5.41) is 23.9. The Morgan fingerprint density at radius 2 is 2.26 bits per heavy atom. The van der Waals surface area contributed by atoms with E-state index in [1.165, 1.54) is 11.3 Å². The van der Waals surface area contributed by atoms with Gasteiger partial charge in [-0.1, -0.05) is 0 Å². The van der Waals surface area contributed by atoms with Crippen molar-refractivity contribution in [3.05, 3.63) is 27.8 Å². The molecule has 3 saturated heterocycles. The Morgan fingerprint density at radius 3 is 3.00 bits per heavy atom. The van der Waals surface area contributed by atoms with Gasteiger partial charge in [-0.25, -0.2) is 4.99 Å². The van der Waals surface area contributed by atoms with Crippen molar-refractivity contribution in [2.75, 3.05) is 23.7 Å². The number of carbonyl (C=O) groups is 1. The second kappa shape index (κ2) is 6.42. The van der Waals surface area contributed by atoms with Crippen molar-refractivity contribution < 1.29 is 4.79 Å². The van der Waals surface area contributed by atoms with E-state index in [1.54, 1.807) is 23.6 Å². The van der Waals surface area contributed by atoms with Crippen LogP contribution < -0.4 is 16.0 Å². The Hall–Kier alpha value is -2.25. The Bertz CT molecular complexity index is 951. The second-order valence-corrected chi connectivity index (χ2v) is 8.82. The van der Waals surface area contributed by atoms with E-state index in [0.29, 0.717) is 16.6 Å². The summed E-state index contributed by atoms with van der Waals surface area (Å²) in [6.45, 7) is 1.65. The first-order chi connectivity index (χ1) is 13.2. The van der Waals surface area contributed by atoms with Gasteiger partial charge in [0.05, 0.1) is 17.6 Å². The first-order valence-electron chi connectivity index (χ1n) is 8.90. The molecule has 3 fully saturated rings. The van der Waals surface area contributed by atoms with Crippen LogP contribution in [0.4, 0.5) is 16.4 Å². The maximum atomic E-state index is 13.5. The molecule has 1 unspecified atom stereocenters. The zero-order chi connectivity index (χ0) is 18.4. The van der Waals surface area contributed by atoms with Crippen molar-refractivity contribution in [3.8, 4) is 6.07 Å². The third-order valence-electron chi connectivity index (χ3n) is 5.50. The minimum atomic E-state index is -1.06. The lowest BCUT2D eigenvalue weighted by Crippen LogP contribution is -2.74. The van der Waals surface area contributed by atoms with Crippen LogP contribution in [0.5, 0.6) is 0 Å². The molecule has 138 valence electrons. The molecule has 4 aliphatic heterocycles. The fourth-order valence-electron chi connectivity index (χ4n) is 4.13. The minimum Gasteiger partial charge on any atom is -0.352 e. The summed E-state index contributed by atoms with van der Waals surface area (Å²) in [7, 11) is 0. The molecule has 2 bridgehead atoms. The lowest BCUT2D eigenvalue weighted by atomic mass is 9.89. The lowest BCUT2D eigenvalue weighted by molar-refractivity contribution is -0.126. The van der Waals surface area contributed by atoms with E-state index in [1.807, 2.05) is 16.8 Å². The van der Waals surface area contributed by atoms with Gasteiger partial charge in [0.2, 0.25) is 5.66 Å². The molecule has 0 radical (unpaired) electrons. The van der Waals surface area contributed by atoms with Gasteiger partial charge in [-0.2, -0.15) is 5.26 Å². The van der Waals surface area contributed by atoms with E-state index >= 15 is 0 Å². The maximum Gasteiger partial charge on any atom is 0.271 e. The Morgan fingerprint density at radius 1 is 1.37 bits per heavy atom. The number of carbonyl (C=O) groups excluding carboxylic acids is 1. The monoisotopic (exact) mass is 398 g/mol. The predicted molar refractivity (Wildman–Crippen MR) is 108 cm³/mol. The molecule has 2 aromatic heterocycles. The number of thiophene rings is 2. The summed E-state index contributed by atoms with van der Waals surface area (Å²) >= 11 is 2.87. The molecular formula is C18H18N6OS2. The molecule has 3 N–H and O–H groups in total. The van der Waals surface area contributed by atoms with E-state index in [2.05, 4.69) is 31.9 Å². The van der Waals surface area contributed by atoms with Crippen LogP contribution >= 0.6 is 22.7 Å². The first-order valence-corrected chi connectivity index (χ1v) is 10.7. The minimum absolute atomic E-state index is 0.203. The summed E-state index contributed by atoms with van der Waals surface area (Å²) < 4.78 is 0. The molecule has 0 aromatic carbocycles. The molecule has 6 heterocycles. The molecule has 6 rings (SSSR count). The van der Waals surface area contributed by atoms with Crippen LogP contribution in [0.1, 0.15) is 17.7 Å². The molecule has 4 aliphatic rings. The Balaban J connectivity index is 1.53. The van der Waals surface area contributed by atoms with Gasteiger partial charge in [0.1, 0.15) is 15.9 Å². The number of piperazine rings is 1. The average Bonchev–Trinajstić information content (AvgIpc) is 3.36. The number of rotatable bonds is 3. The van der Waals surface area contributed by atoms with Gasteiger partial charge in [-0.3, -0.25) is 9.69 Å². The van der Waals surface area contributed by atoms with Crippen LogP contribution in [-0.2, 0) is 4.79 Å². The van der Waals surface area contributed by atoms with Crippen LogP contribution in [0.25, 0.3) is 0 Å². The number of hydrogen-bond acceptors (Lipinski definition) is 8. The Labute approximate surface area is 164 Å². The fourth-order valence-corrected chi connectivity index (χ4v) is 5.46. The van der Waals surface area contributed by atoms with Gasteiger partial charge in [0.25, 0.3) is 5.91 Å². The second-order valence-electron chi connectivity index (χ2n) is 7.01. The highest BCUT2D eigenvalue weighted by atomic mass is 32.1. The van der Waals surface area contributed by atoms with E-state index in [9.17, 15) is 10.1 Å². The molecule has 9 heteroatoms. The molecule has 27 heavy (non-hydrogen) atoms. The zero-order valence-electron chi connectivity index (χ0n) is 14.4. The predicted octanol–water partition coefficient (Wildman–Crippen LogP) is 2.58.